The number of aliphatic imine (C=N–C) groups is 1. The van der Waals surface area contributed by atoms with Crippen LogP contribution in [0.25, 0.3) is 0 Å². The molecule has 8 heteroatoms. The molecule has 0 aliphatic heterocycles. The van der Waals surface area contributed by atoms with E-state index in [0.717, 1.165) is 25.7 Å². The molecular weight excluding hydrogens is 349 g/mol. The van der Waals surface area contributed by atoms with Crippen LogP contribution in [0, 0.1) is 11.2 Å². The molecule has 0 saturated heterocycles. The van der Waals surface area contributed by atoms with Gasteiger partial charge < -0.3 is 20.9 Å². The molecule has 1 aromatic rings. The van der Waals surface area contributed by atoms with E-state index in [-0.39, 0.29) is 18.4 Å². The van der Waals surface area contributed by atoms with Gasteiger partial charge in [0.05, 0.1) is 12.0 Å². The van der Waals surface area contributed by atoms with Gasteiger partial charge in [-0.3, -0.25) is 14.6 Å². The van der Waals surface area contributed by atoms with Gasteiger partial charge >= 0.3 is 0 Å². The second-order valence-electron chi connectivity index (χ2n) is 7.02. The van der Waals surface area contributed by atoms with Crippen molar-refractivity contribution in [2.45, 2.75) is 25.7 Å². The van der Waals surface area contributed by atoms with Gasteiger partial charge in [-0.1, -0.05) is 18.9 Å². The average molecular weight is 377 g/mol. The van der Waals surface area contributed by atoms with Crippen molar-refractivity contribution >= 4 is 23.5 Å². The van der Waals surface area contributed by atoms with Crippen molar-refractivity contribution in [2.75, 3.05) is 39.5 Å². The molecule has 1 aliphatic carbocycles. The molecular formula is C19H28FN5O2. The minimum atomic E-state index is -0.426. The Morgan fingerprint density at radius 2 is 1.93 bits per heavy atom. The Kier molecular flexibility index (Phi) is 7.15. The van der Waals surface area contributed by atoms with Gasteiger partial charge in [0.25, 0.3) is 0 Å². The fourth-order valence-electron chi connectivity index (χ4n) is 3.40. The first-order chi connectivity index (χ1) is 12.9. The third-order valence-electron chi connectivity index (χ3n) is 4.76. The predicted octanol–water partition coefficient (Wildman–Crippen LogP) is 1.58. The Morgan fingerprint density at radius 1 is 1.22 bits per heavy atom. The van der Waals surface area contributed by atoms with Crippen LogP contribution in [0.2, 0.25) is 0 Å². The summed E-state index contributed by atoms with van der Waals surface area (Å²) < 4.78 is 13.2. The third kappa shape index (κ3) is 5.67. The van der Waals surface area contributed by atoms with Gasteiger partial charge in [-0.05, 0) is 31.0 Å². The number of carbonyl (C=O) groups excluding carboxylic acids is 2. The molecule has 0 atom stereocenters. The van der Waals surface area contributed by atoms with Crippen molar-refractivity contribution in [3.8, 4) is 0 Å². The first kappa shape index (κ1) is 20.7. The minimum absolute atomic E-state index is 0.0230. The van der Waals surface area contributed by atoms with Crippen molar-refractivity contribution in [1.82, 2.24) is 15.5 Å². The molecule has 1 aliphatic rings. The van der Waals surface area contributed by atoms with Crippen LogP contribution < -0.4 is 16.0 Å². The molecule has 27 heavy (non-hydrogen) atoms. The van der Waals surface area contributed by atoms with Gasteiger partial charge in [-0.15, -0.1) is 0 Å². The number of nitrogens with zero attached hydrogens (tertiary/aromatic N) is 2. The van der Waals surface area contributed by atoms with E-state index < -0.39 is 11.2 Å². The lowest BCUT2D eigenvalue weighted by Gasteiger charge is -2.31. The monoisotopic (exact) mass is 377 g/mol. The Balaban J connectivity index is 1.86. The molecule has 2 rings (SSSR count). The van der Waals surface area contributed by atoms with Crippen molar-refractivity contribution in [3.63, 3.8) is 0 Å². The standard InChI is InChI=1S/C19H28FN5O2/c1-21-18(22-12-16(26)24-15-8-6-7-14(20)11-15)23-13-19(9-4-5-10-19)17(27)25(2)3/h6-8,11H,4-5,9-10,12-13H2,1-3H3,(H,24,26)(H2,21,22,23). The summed E-state index contributed by atoms with van der Waals surface area (Å²) in [6.45, 7) is 0.444. The topological polar surface area (TPSA) is 85.8 Å². The number of anilines is 1. The number of carbonyl (C=O) groups is 2. The lowest BCUT2D eigenvalue weighted by Crippen LogP contribution is -2.50. The van der Waals surface area contributed by atoms with E-state index >= 15 is 0 Å². The molecule has 7 nitrogen and oxygen atoms in total. The number of benzene rings is 1. The van der Waals surface area contributed by atoms with Crippen LogP contribution in [0.5, 0.6) is 0 Å². The van der Waals surface area contributed by atoms with Gasteiger partial charge in [-0.2, -0.15) is 0 Å². The van der Waals surface area contributed by atoms with E-state index in [9.17, 15) is 14.0 Å². The average Bonchev–Trinajstić information content (AvgIpc) is 3.11. The molecule has 1 fully saturated rings. The molecule has 0 aromatic heterocycles. The Morgan fingerprint density at radius 3 is 2.52 bits per heavy atom. The van der Waals surface area contributed by atoms with E-state index in [0.29, 0.717) is 18.2 Å². The molecule has 2 amide bonds. The molecule has 0 radical (unpaired) electrons. The second kappa shape index (κ2) is 9.34. The number of nitrogens with one attached hydrogen (secondary N) is 3. The summed E-state index contributed by atoms with van der Waals surface area (Å²) in [4.78, 5) is 30.4. The number of hydrogen-bond acceptors (Lipinski definition) is 3. The molecule has 0 unspecified atom stereocenters. The number of hydrogen-bond donors (Lipinski definition) is 3. The number of guanidine groups is 1. The summed E-state index contributed by atoms with van der Waals surface area (Å²) in [5.74, 6) is -0.164. The largest absolute Gasteiger partial charge is 0.355 e. The summed E-state index contributed by atoms with van der Waals surface area (Å²) in [5.41, 5.74) is -0.0310. The fourth-order valence-corrected chi connectivity index (χ4v) is 3.40. The van der Waals surface area contributed by atoms with Gasteiger partial charge in [-0.25, -0.2) is 4.39 Å². The molecule has 3 N–H and O–H groups in total. The molecule has 0 heterocycles. The van der Waals surface area contributed by atoms with Gasteiger partial charge in [0.2, 0.25) is 11.8 Å². The Hall–Kier alpha value is -2.64. The highest BCUT2D eigenvalue weighted by Crippen LogP contribution is 2.38. The van der Waals surface area contributed by atoms with Crippen LogP contribution in [-0.2, 0) is 9.59 Å². The van der Waals surface area contributed by atoms with E-state index in [1.54, 1.807) is 32.1 Å². The van der Waals surface area contributed by atoms with Crippen LogP contribution in [0.3, 0.4) is 0 Å². The molecule has 1 saturated carbocycles. The normalized spacial score (nSPS) is 15.9. The van der Waals surface area contributed by atoms with Crippen molar-refractivity contribution in [1.29, 1.82) is 0 Å². The van der Waals surface area contributed by atoms with E-state index in [4.69, 9.17) is 0 Å². The number of rotatable bonds is 6. The zero-order valence-corrected chi connectivity index (χ0v) is 16.1. The molecule has 1 aromatic carbocycles. The maximum absolute atomic E-state index is 13.2. The first-order valence-corrected chi connectivity index (χ1v) is 9.08. The van der Waals surface area contributed by atoms with Crippen LogP contribution >= 0.6 is 0 Å². The maximum atomic E-state index is 13.2. The quantitative estimate of drug-likeness (QED) is 0.519. The molecule has 0 bridgehead atoms. The SMILES string of the molecule is CN=C(NCC(=O)Nc1cccc(F)c1)NCC1(C(=O)N(C)C)CCCC1. The Labute approximate surface area is 159 Å². The second-order valence-corrected chi connectivity index (χ2v) is 7.02. The summed E-state index contributed by atoms with van der Waals surface area (Å²) in [6.07, 6.45) is 3.74. The van der Waals surface area contributed by atoms with Crippen LogP contribution in [0.15, 0.2) is 29.3 Å². The minimum Gasteiger partial charge on any atom is -0.355 e. The third-order valence-corrected chi connectivity index (χ3v) is 4.76. The highest BCUT2D eigenvalue weighted by Gasteiger charge is 2.42. The highest BCUT2D eigenvalue weighted by atomic mass is 19.1. The zero-order chi connectivity index (χ0) is 19.9. The summed E-state index contributed by atoms with van der Waals surface area (Å²) in [6, 6.07) is 5.71. The van der Waals surface area contributed by atoms with Crippen molar-refractivity contribution in [3.05, 3.63) is 30.1 Å². The zero-order valence-electron chi connectivity index (χ0n) is 16.1. The van der Waals surface area contributed by atoms with Gasteiger partial charge in [0, 0.05) is 33.4 Å². The molecule has 0 spiro atoms. The van der Waals surface area contributed by atoms with Crippen LogP contribution in [0.4, 0.5) is 10.1 Å². The van der Waals surface area contributed by atoms with Gasteiger partial charge in [0.1, 0.15) is 5.82 Å². The summed E-state index contributed by atoms with van der Waals surface area (Å²) in [7, 11) is 5.15. The summed E-state index contributed by atoms with van der Waals surface area (Å²) in [5, 5.41) is 8.70. The van der Waals surface area contributed by atoms with E-state index in [1.807, 2.05) is 0 Å². The van der Waals surface area contributed by atoms with Crippen LogP contribution in [-0.4, -0.2) is 56.9 Å². The fraction of sp³-hybridized carbons (Fsp3) is 0.526. The van der Waals surface area contributed by atoms with Crippen molar-refractivity contribution in [2.24, 2.45) is 10.4 Å². The highest BCUT2D eigenvalue weighted by molar-refractivity contribution is 5.95. The van der Waals surface area contributed by atoms with Crippen molar-refractivity contribution < 1.29 is 14.0 Å². The number of amides is 2. The smallest absolute Gasteiger partial charge is 0.243 e. The number of halogens is 1. The van der Waals surface area contributed by atoms with E-state index in [2.05, 4.69) is 20.9 Å². The first-order valence-electron chi connectivity index (χ1n) is 9.08. The maximum Gasteiger partial charge on any atom is 0.243 e. The van der Waals surface area contributed by atoms with Crippen LogP contribution in [0.1, 0.15) is 25.7 Å². The molecule has 148 valence electrons. The predicted molar refractivity (Wildman–Crippen MR) is 104 cm³/mol. The van der Waals surface area contributed by atoms with E-state index in [1.165, 1.54) is 18.2 Å². The lowest BCUT2D eigenvalue weighted by atomic mass is 9.84. The Bertz CT molecular complexity index is 699. The van der Waals surface area contributed by atoms with Gasteiger partial charge in [0.15, 0.2) is 5.96 Å². The summed E-state index contributed by atoms with van der Waals surface area (Å²) >= 11 is 0. The lowest BCUT2D eigenvalue weighted by molar-refractivity contribution is -0.138.